The first-order valence-electron chi connectivity index (χ1n) is 6.42. The van der Waals surface area contributed by atoms with Gasteiger partial charge in [0.15, 0.2) is 5.75 Å². The van der Waals surface area contributed by atoms with Crippen molar-refractivity contribution < 1.29 is 22.7 Å². The van der Waals surface area contributed by atoms with Gasteiger partial charge in [0.25, 0.3) is 5.91 Å². The number of carbonyl (C=O) groups excluding carboxylic acids is 1. The number of likely N-dealkylation sites (tertiary alicyclic amines) is 1. The van der Waals surface area contributed by atoms with Crippen LogP contribution in [0.25, 0.3) is 0 Å². The third-order valence-corrected chi connectivity index (χ3v) is 3.66. The summed E-state index contributed by atoms with van der Waals surface area (Å²) in [5.74, 6) is -0.947. The molecular weight excluding hydrogens is 353 g/mol. The molecule has 0 saturated carbocycles. The first kappa shape index (κ1) is 15.9. The second-order valence-electron chi connectivity index (χ2n) is 4.77. The number of halogens is 4. The Labute approximate surface area is 128 Å². The number of nitrogens with zero attached hydrogens (tertiary/aromatic N) is 1. The highest BCUT2D eigenvalue weighted by Crippen LogP contribution is 2.35. The number of nitrogen functional groups attached to an aromatic ring is 1. The van der Waals surface area contributed by atoms with Gasteiger partial charge in [-0.05, 0) is 31.4 Å². The zero-order valence-electron chi connectivity index (χ0n) is 11.0. The van der Waals surface area contributed by atoms with E-state index in [-0.39, 0.29) is 17.2 Å². The first-order chi connectivity index (χ1) is 9.78. The summed E-state index contributed by atoms with van der Waals surface area (Å²) in [6.07, 6.45) is -2.06. The van der Waals surface area contributed by atoms with E-state index in [9.17, 15) is 18.0 Å². The highest BCUT2D eigenvalue weighted by molar-refractivity contribution is 9.10. The van der Waals surface area contributed by atoms with Crippen molar-refractivity contribution in [2.24, 2.45) is 0 Å². The number of piperidine rings is 1. The summed E-state index contributed by atoms with van der Waals surface area (Å²) in [7, 11) is 0. The Morgan fingerprint density at radius 3 is 2.43 bits per heavy atom. The highest BCUT2D eigenvalue weighted by Gasteiger charge is 2.33. The molecule has 0 unspecified atom stereocenters. The van der Waals surface area contributed by atoms with Gasteiger partial charge in [-0.25, -0.2) is 0 Å². The molecule has 1 aliphatic heterocycles. The number of rotatable bonds is 2. The minimum Gasteiger partial charge on any atom is -0.404 e. The van der Waals surface area contributed by atoms with Crippen LogP contribution in [0.1, 0.15) is 29.6 Å². The Morgan fingerprint density at radius 1 is 1.24 bits per heavy atom. The maximum Gasteiger partial charge on any atom is 0.573 e. The summed E-state index contributed by atoms with van der Waals surface area (Å²) in [6.45, 7) is 1.17. The van der Waals surface area contributed by atoms with E-state index in [4.69, 9.17) is 5.73 Å². The van der Waals surface area contributed by atoms with E-state index in [2.05, 4.69) is 20.7 Å². The van der Waals surface area contributed by atoms with Gasteiger partial charge in [-0.15, -0.1) is 13.2 Å². The number of hydrogen-bond donors (Lipinski definition) is 1. The normalized spacial score (nSPS) is 15.9. The molecule has 2 N–H and O–H groups in total. The van der Waals surface area contributed by atoms with Crippen LogP contribution in [-0.2, 0) is 0 Å². The Bertz CT molecular complexity index is 543. The Balaban J connectivity index is 2.32. The average molecular weight is 367 g/mol. The van der Waals surface area contributed by atoms with Crippen LogP contribution in [0.3, 0.4) is 0 Å². The van der Waals surface area contributed by atoms with Crippen molar-refractivity contribution in [1.82, 2.24) is 4.90 Å². The summed E-state index contributed by atoms with van der Waals surface area (Å²) in [5, 5.41) is 0. The molecule has 2 rings (SSSR count). The van der Waals surface area contributed by atoms with Crippen molar-refractivity contribution in [1.29, 1.82) is 0 Å². The largest absolute Gasteiger partial charge is 0.573 e. The lowest BCUT2D eigenvalue weighted by molar-refractivity contribution is -0.274. The zero-order valence-corrected chi connectivity index (χ0v) is 12.6. The monoisotopic (exact) mass is 366 g/mol. The summed E-state index contributed by atoms with van der Waals surface area (Å²) >= 11 is 3.07. The summed E-state index contributed by atoms with van der Waals surface area (Å²) in [4.78, 5) is 14.0. The Kier molecular flexibility index (Phi) is 4.65. The molecule has 0 aliphatic carbocycles. The molecule has 1 fully saturated rings. The second-order valence-corrected chi connectivity index (χ2v) is 5.68. The molecule has 1 aliphatic rings. The van der Waals surface area contributed by atoms with Gasteiger partial charge in [0, 0.05) is 17.6 Å². The molecule has 21 heavy (non-hydrogen) atoms. The third kappa shape index (κ3) is 4.03. The van der Waals surface area contributed by atoms with E-state index < -0.39 is 12.1 Å². The molecule has 116 valence electrons. The van der Waals surface area contributed by atoms with Crippen molar-refractivity contribution in [3.05, 3.63) is 22.2 Å². The van der Waals surface area contributed by atoms with Crippen LogP contribution >= 0.6 is 15.9 Å². The molecule has 4 nitrogen and oxygen atoms in total. The van der Waals surface area contributed by atoms with Crippen LogP contribution in [0.5, 0.6) is 5.75 Å². The molecule has 0 atom stereocenters. The Hall–Kier alpha value is -1.44. The first-order valence-corrected chi connectivity index (χ1v) is 7.21. The number of amides is 1. The SMILES string of the molecule is Nc1c(OC(F)(F)F)cc(Br)cc1C(=O)N1CCCCC1. The molecule has 0 aromatic heterocycles. The average Bonchev–Trinajstić information content (AvgIpc) is 2.41. The van der Waals surface area contributed by atoms with Crippen LogP contribution < -0.4 is 10.5 Å². The van der Waals surface area contributed by atoms with Crippen molar-refractivity contribution >= 4 is 27.5 Å². The van der Waals surface area contributed by atoms with Crippen molar-refractivity contribution in [3.8, 4) is 5.75 Å². The van der Waals surface area contributed by atoms with Crippen LogP contribution in [-0.4, -0.2) is 30.3 Å². The standard InChI is InChI=1S/C13H14BrF3N2O2/c14-8-6-9(12(20)19-4-2-1-3-5-19)11(18)10(7-8)21-13(15,16)17/h6-7H,1-5,18H2. The smallest absolute Gasteiger partial charge is 0.404 e. The van der Waals surface area contributed by atoms with Gasteiger partial charge >= 0.3 is 6.36 Å². The van der Waals surface area contributed by atoms with Crippen LogP contribution in [0.15, 0.2) is 16.6 Å². The maximum absolute atomic E-state index is 12.4. The Morgan fingerprint density at radius 2 is 1.86 bits per heavy atom. The van der Waals surface area contributed by atoms with Crippen molar-refractivity contribution in [2.45, 2.75) is 25.6 Å². The molecule has 1 heterocycles. The van der Waals surface area contributed by atoms with Gasteiger partial charge in [-0.1, -0.05) is 15.9 Å². The fraction of sp³-hybridized carbons (Fsp3) is 0.462. The molecule has 1 amide bonds. The molecule has 0 spiro atoms. The fourth-order valence-electron chi connectivity index (χ4n) is 2.25. The van der Waals surface area contributed by atoms with Gasteiger partial charge in [-0.2, -0.15) is 0 Å². The van der Waals surface area contributed by atoms with Crippen molar-refractivity contribution in [2.75, 3.05) is 18.8 Å². The topological polar surface area (TPSA) is 55.6 Å². The molecular formula is C13H14BrF3N2O2. The van der Waals surface area contributed by atoms with Gasteiger partial charge in [-0.3, -0.25) is 4.79 Å². The van der Waals surface area contributed by atoms with E-state index in [0.29, 0.717) is 17.6 Å². The summed E-state index contributed by atoms with van der Waals surface area (Å²) in [5.41, 5.74) is 5.39. The predicted molar refractivity (Wildman–Crippen MR) is 75.0 cm³/mol. The minimum atomic E-state index is -4.86. The molecule has 0 bridgehead atoms. The van der Waals surface area contributed by atoms with E-state index in [1.165, 1.54) is 6.07 Å². The van der Waals surface area contributed by atoms with Crippen molar-refractivity contribution in [3.63, 3.8) is 0 Å². The lowest BCUT2D eigenvalue weighted by atomic mass is 10.1. The molecule has 0 radical (unpaired) electrons. The van der Waals surface area contributed by atoms with Gasteiger partial charge in [0.1, 0.15) is 0 Å². The lowest BCUT2D eigenvalue weighted by Crippen LogP contribution is -2.36. The van der Waals surface area contributed by atoms with E-state index in [1.54, 1.807) is 4.90 Å². The number of alkyl halides is 3. The number of ether oxygens (including phenoxy) is 1. The predicted octanol–water partition coefficient (Wildman–Crippen LogP) is 3.56. The lowest BCUT2D eigenvalue weighted by Gasteiger charge is -2.27. The molecule has 1 aromatic rings. The fourth-order valence-corrected chi connectivity index (χ4v) is 2.68. The zero-order chi connectivity index (χ0) is 15.6. The van der Waals surface area contributed by atoms with Gasteiger partial charge in [0.05, 0.1) is 11.3 Å². The maximum atomic E-state index is 12.4. The quantitative estimate of drug-likeness (QED) is 0.814. The van der Waals surface area contributed by atoms with Crippen LogP contribution in [0.4, 0.5) is 18.9 Å². The van der Waals surface area contributed by atoms with E-state index in [1.807, 2.05) is 0 Å². The summed E-state index contributed by atoms with van der Waals surface area (Å²) < 4.78 is 41.2. The third-order valence-electron chi connectivity index (χ3n) is 3.21. The van der Waals surface area contributed by atoms with Crippen LogP contribution in [0.2, 0.25) is 0 Å². The molecule has 1 aromatic carbocycles. The number of carbonyl (C=O) groups is 1. The summed E-state index contributed by atoms with van der Waals surface area (Å²) in [6, 6.07) is 2.51. The number of hydrogen-bond acceptors (Lipinski definition) is 3. The number of nitrogens with two attached hydrogens (primary N) is 1. The molecule has 8 heteroatoms. The van der Waals surface area contributed by atoms with Gasteiger partial charge in [0.2, 0.25) is 0 Å². The second kappa shape index (κ2) is 6.13. The van der Waals surface area contributed by atoms with E-state index >= 15 is 0 Å². The minimum absolute atomic E-state index is 0.0190. The number of anilines is 1. The number of benzene rings is 1. The molecule has 1 saturated heterocycles. The van der Waals surface area contributed by atoms with Crippen LogP contribution in [0, 0.1) is 0 Å². The highest BCUT2D eigenvalue weighted by atomic mass is 79.9. The van der Waals surface area contributed by atoms with Gasteiger partial charge < -0.3 is 15.4 Å². The van der Waals surface area contributed by atoms with E-state index in [0.717, 1.165) is 25.3 Å².